The van der Waals surface area contributed by atoms with Gasteiger partial charge in [-0.05, 0) is 17.4 Å². The Morgan fingerprint density at radius 1 is 1.27 bits per heavy atom. The number of hydrogen-bond donors (Lipinski definition) is 0. The maximum Gasteiger partial charge on any atom is -0.00728 e. The van der Waals surface area contributed by atoms with E-state index < -0.39 is 0 Å². The predicted molar refractivity (Wildman–Crippen MR) is 50.4 cm³/mol. The molecule has 0 aromatic heterocycles. The van der Waals surface area contributed by atoms with Crippen molar-refractivity contribution in [3.8, 4) is 0 Å². The van der Waals surface area contributed by atoms with E-state index in [1.807, 2.05) is 0 Å². The number of allylic oxidation sites excluding steroid dienone is 6. The van der Waals surface area contributed by atoms with Crippen LogP contribution in [-0.4, -0.2) is 0 Å². The zero-order valence-corrected chi connectivity index (χ0v) is 7.54. The van der Waals surface area contributed by atoms with Gasteiger partial charge in [-0.2, -0.15) is 0 Å². The predicted octanol–water partition coefficient (Wildman–Crippen LogP) is 3.33. The second-order valence-corrected chi connectivity index (χ2v) is 3.42. The number of rotatable bonds is 1. The molecule has 0 nitrogen and oxygen atoms in total. The van der Waals surface area contributed by atoms with Crippen LogP contribution in [0.3, 0.4) is 0 Å². The highest BCUT2D eigenvalue weighted by molar-refractivity contribution is 5.28. The molecule has 1 unspecified atom stereocenters. The van der Waals surface area contributed by atoms with E-state index in [4.69, 9.17) is 0 Å². The van der Waals surface area contributed by atoms with Crippen molar-refractivity contribution in [2.24, 2.45) is 11.8 Å². The highest BCUT2D eigenvalue weighted by Crippen LogP contribution is 2.17. The van der Waals surface area contributed by atoms with Crippen LogP contribution in [0.15, 0.2) is 36.0 Å². The third-order valence-electron chi connectivity index (χ3n) is 1.94. The molecule has 0 saturated heterocycles. The van der Waals surface area contributed by atoms with Crippen molar-refractivity contribution >= 4 is 0 Å². The Bertz CT molecular complexity index is 204. The van der Waals surface area contributed by atoms with Gasteiger partial charge in [0.25, 0.3) is 0 Å². The first-order chi connectivity index (χ1) is 5.20. The first-order valence-corrected chi connectivity index (χ1v) is 4.26. The zero-order valence-electron chi connectivity index (χ0n) is 7.54. The molecule has 0 heterocycles. The Kier molecular flexibility index (Phi) is 2.70. The lowest BCUT2D eigenvalue weighted by Crippen LogP contribution is -1.92. The van der Waals surface area contributed by atoms with Gasteiger partial charge in [0.15, 0.2) is 0 Å². The van der Waals surface area contributed by atoms with Gasteiger partial charge in [-0.1, -0.05) is 51.2 Å². The monoisotopic (exact) mass is 148 g/mol. The Hall–Kier alpha value is -0.780. The van der Waals surface area contributed by atoms with E-state index >= 15 is 0 Å². The first-order valence-electron chi connectivity index (χ1n) is 4.26. The highest BCUT2D eigenvalue weighted by atomic mass is 14.1. The topological polar surface area (TPSA) is 0 Å². The van der Waals surface area contributed by atoms with Gasteiger partial charge in [0, 0.05) is 0 Å². The van der Waals surface area contributed by atoms with Crippen molar-refractivity contribution in [2.75, 3.05) is 0 Å². The molecule has 11 heavy (non-hydrogen) atoms. The fourth-order valence-electron chi connectivity index (χ4n) is 1.21. The van der Waals surface area contributed by atoms with Crippen molar-refractivity contribution in [1.29, 1.82) is 0 Å². The summed E-state index contributed by atoms with van der Waals surface area (Å²) in [5, 5.41) is 0. The lowest BCUT2D eigenvalue weighted by molar-refractivity contribution is 0.773. The molecule has 0 aromatic carbocycles. The van der Waals surface area contributed by atoms with Crippen LogP contribution < -0.4 is 0 Å². The van der Waals surface area contributed by atoms with Gasteiger partial charge in [0.05, 0.1) is 0 Å². The average molecular weight is 148 g/mol. The molecular weight excluding hydrogens is 132 g/mol. The Balaban J connectivity index is 2.80. The fourth-order valence-corrected chi connectivity index (χ4v) is 1.21. The summed E-state index contributed by atoms with van der Waals surface area (Å²) in [6.07, 6.45) is 11.0. The van der Waals surface area contributed by atoms with Crippen LogP contribution in [0.2, 0.25) is 0 Å². The molecule has 0 saturated carbocycles. The van der Waals surface area contributed by atoms with Crippen molar-refractivity contribution in [3.05, 3.63) is 36.0 Å². The Morgan fingerprint density at radius 3 is 2.64 bits per heavy atom. The molecule has 0 spiro atoms. The summed E-state index contributed by atoms with van der Waals surface area (Å²) >= 11 is 0. The standard InChI is InChI=1S/C11H16/c1-9(2)11-7-5-4-6-10(3)8-11/h4-10H,1-3H3. The van der Waals surface area contributed by atoms with Crippen LogP contribution in [0.5, 0.6) is 0 Å². The van der Waals surface area contributed by atoms with Gasteiger partial charge < -0.3 is 0 Å². The molecule has 0 radical (unpaired) electrons. The lowest BCUT2D eigenvalue weighted by Gasteiger charge is -2.06. The summed E-state index contributed by atoms with van der Waals surface area (Å²) in [5.74, 6) is 1.23. The third-order valence-corrected chi connectivity index (χ3v) is 1.94. The summed E-state index contributed by atoms with van der Waals surface area (Å²) in [5.41, 5.74) is 1.45. The molecule has 1 rings (SSSR count). The van der Waals surface area contributed by atoms with Crippen molar-refractivity contribution < 1.29 is 0 Å². The van der Waals surface area contributed by atoms with Gasteiger partial charge in [0.2, 0.25) is 0 Å². The average Bonchev–Trinajstić information content (AvgIpc) is 2.13. The minimum atomic E-state index is 0.586. The quantitative estimate of drug-likeness (QED) is 0.535. The molecule has 60 valence electrons. The van der Waals surface area contributed by atoms with Crippen molar-refractivity contribution in [3.63, 3.8) is 0 Å². The minimum Gasteiger partial charge on any atom is -0.0779 e. The molecule has 0 amide bonds. The zero-order chi connectivity index (χ0) is 8.27. The van der Waals surface area contributed by atoms with E-state index in [1.54, 1.807) is 0 Å². The molecular formula is C11H16. The summed E-state index contributed by atoms with van der Waals surface area (Å²) in [6, 6.07) is 0. The normalized spacial score (nSPS) is 23.6. The van der Waals surface area contributed by atoms with Gasteiger partial charge in [0.1, 0.15) is 0 Å². The molecule has 0 aliphatic heterocycles. The first kappa shape index (κ1) is 8.32. The largest absolute Gasteiger partial charge is 0.0779 e. The molecule has 0 N–H and O–H groups in total. The van der Waals surface area contributed by atoms with Gasteiger partial charge in [-0.25, -0.2) is 0 Å². The lowest BCUT2D eigenvalue weighted by atomic mass is 9.99. The van der Waals surface area contributed by atoms with Gasteiger partial charge in [-0.3, -0.25) is 0 Å². The highest BCUT2D eigenvalue weighted by Gasteiger charge is 2.02. The second kappa shape index (κ2) is 3.56. The van der Waals surface area contributed by atoms with Crippen LogP contribution in [0, 0.1) is 11.8 Å². The van der Waals surface area contributed by atoms with Crippen LogP contribution in [0.1, 0.15) is 20.8 Å². The summed E-state index contributed by atoms with van der Waals surface area (Å²) in [7, 11) is 0. The van der Waals surface area contributed by atoms with Gasteiger partial charge >= 0.3 is 0 Å². The summed E-state index contributed by atoms with van der Waals surface area (Å²) < 4.78 is 0. The van der Waals surface area contributed by atoms with Crippen LogP contribution in [0.25, 0.3) is 0 Å². The summed E-state index contributed by atoms with van der Waals surface area (Å²) in [6.45, 7) is 6.67. The smallest absolute Gasteiger partial charge is 0.00728 e. The minimum absolute atomic E-state index is 0.586. The molecule has 0 fully saturated rings. The van der Waals surface area contributed by atoms with Crippen LogP contribution in [0.4, 0.5) is 0 Å². The molecule has 0 bridgehead atoms. The van der Waals surface area contributed by atoms with Crippen molar-refractivity contribution in [1.82, 2.24) is 0 Å². The SMILES string of the molecule is CC1C=CC=CC(C(C)C)=C1. The molecule has 0 aromatic rings. The van der Waals surface area contributed by atoms with E-state index in [1.165, 1.54) is 5.57 Å². The van der Waals surface area contributed by atoms with Crippen LogP contribution in [-0.2, 0) is 0 Å². The van der Waals surface area contributed by atoms with E-state index in [2.05, 4.69) is 51.2 Å². The maximum absolute atomic E-state index is 2.32. The third kappa shape index (κ3) is 2.38. The molecule has 0 heteroatoms. The molecule has 1 aliphatic carbocycles. The fraction of sp³-hybridized carbons (Fsp3) is 0.455. The van der Waals surface area contributed by atoms with E-state index in [-0.39, 0.29) is 0 Å². The maximum atomic E-state index is 2.32. The van der Waals surface area contributed by atoms with Gasteiger partial charge in [-0.15, -0.1) is 0 Å². The van der Waals surface area contributed by atoms with E-state index in [0.717, 1.165) is 0 Å². The second-order valence-electron chi connectivity index (χ2n) is 3.42. The van der Waals surface area contributed by atoms with E-state index in [9.17, 15) is 0 Å². The number of hydrogen-bond acceptors (Lipinski definition) is 0. The van der Waals surface area contributed by atoms with Crippen LogP contribution >= 0.6 is 0 Å². The Labute approximate surface area is 69.3 Å². The van der Waals surface area contributed by atoms with Crippen molar-refractivity contribution in [2.45, 2.75) is 20.8 Å². The molecule has 1 aliphatic rings. The van der Waals surface area contributed by atoms with E-state index in [0.29, 0.717) is 11.8 Å². The Morgan fingerprint density at radius 2 is 2.00 bits per heavy atom. The molecule has 1 atom stereocenters. The summed E-state index contributed by atoms with van der Waals surface area (Å²) in [4.78, 5) is 0.